The summed E-state index contributed by atoms with van der Waals surface area (Å²) in [7, 11) is 1.76. The predicted molar refractivity (Wildman–Crippen MR) is 79.1 cm³/mol. The Morgan fingerprint density at radius 1 is 1.35 bits per heavy atom. The van der Waals surface area contributed by atoms with Gasteiger partial charge in [-0.3, -0.25) is 0 Å². The molecule has 20 heavy (non-hydrogen) atoms. The number of rotatable bonds is 7. The molecule has 1 fully saturated rings. The monoisotopic (exact) mass is 279 g/mol. The molecule has 4 nitrogen and oxygen atoms in total. The lowest BCUT2D eigenvalue weighted by Gasteiger charge is -2.26. The highest BCUT2D eigenvalue weighted by Crippen LogP contribution is 2.23. The normalized spacial score (nSPS) is 22.4. The van der Waals surface area contributed by atoms with E-state index >= 15 is 0 Å². The highest BCUT2D eigenvalue weighted by atomic mass is 16.5. The van der Waals surface area contributed by atoms with E-state index in [-0.39, 0.29) is 11.7 Å². The lowest BCUT2D eigenvalue weighted by Crippen LogP contribution is -2.42. The molecule has 0 amide bonds. The highest BCUT2D eigenvalue weighted by molar-refractivity contribution is 5.33. The summed E-state index contributed by atoms with van der Waals surface area (Å²) < 4.78 is 16.9. The standard InChI is InChI=1S/C16H25NO3/c1-13(2)20-15-7-5-4-6-14(15)10-17-11-16(18-3)8-9-19-12-16/h4-7,13,17H,8-12H2,1-3H3. The van der Waals surface area contributed by atoms with Gasteiger partial charge in [-0.1, -0.05) is 18.2 Å². The van der Waals surface area contributed by atoms with Gasteiger partial charge in [-0.15, -0.1) is 0 Å². The molecule has 1 saturated heterocycles. The molecule has 0 aliphatic carbocycles. The Kier molecular flexibility index (Phi) is 5.40. The number of hydrogen-bond donors (Lipinski definition) is 1. The smallest absolute Gasteiger partial charge is 0.124 e. The first-order valence-electron chi connectivity index (χ1n) is 7.23. The Balaban J connectivity index is 1.90. The first kappa shape index (κ1) is 15.3. The molecule has 1 unspecified atom stereocenters. The van der Waals surface area contributed by atoms with E-state index in [1.165, 1.54) is 5.56 Å². The minimum atomic E-state index is -0.173. The van der Waals surface area contributed by atoms with Gasteiger partial charge in [0.15, 0.2) is 0 Å². The predicted octanol–water partition coefficient (Wildman–Crippen LogP) is 2.37. The maximum absolute atomic E-state index is 5.82. The van der Waals surface area contributed by atoms with Gasteiger partial charge >= 0.3 is 0 Å². The summed E-state index contributed by atoms with van der Waals surface area (Å²) in [5, 5.41) is 3.46. The van der Waals surface area contributed by atoms with Crippen molar-refractivity contribution in [2.45, 2.75) is 38.5 Å². The minimum absolute atomic E-state index is 0.173. The summed E-state index contributed by atoms with van der Waals surface area (Å²) in [6.07, 6.45) is 1.13. The van der Waals surface area contributed by atoms with Crippen LogP contribution < -0.4 is 10.1 Å². The number of ether oxygens (including phenoxy) is 3. The first-order valence-corrected chi connectivity index (χ1v) is 7.23. The first-order chi connectivity index (χ1) is 9.65. The Bertz CT molecular complexity index is 414. The van der Waals surface area contributed by atoms with E-state index in [9.17, 15) is 0 Å². The van der Waals surface area contributed by atoms with Crippen LogP contribution in [0.1, 0.15) is 25.8 Å². The summed E-state index contributed by atoms with van der Waals surface area (Å²) in [6, 6.07) is 8.15. The number of nitrogens with one attached hydrogen (secondary N) is 1. The van der Waals surface area contributed by atoms with Crippen molar-refractivity contribution in [2.24, 2.45) is 0 Å². The van der Waals surface area contributed by atoms with Crippen molar-refractivity contribution in [3.05, 3.63) is 29.8 Å². The zero-order valence-electron chi connectivity index (χ0n) is 12.6. The molecule has 0 saturated carbocycles. The Morgan fingerprint density at radius 2 is 2.15 bits per heavy atom. The van der Waals surface area contributed by atoms with E-state index in [4.69, 9.17) is 14.2 Å². The zero-order valence-corrected chi connectivity index (χ0v) is 12.6. The third-order valence-electron chi connectivity index (χ3n) is 3.60. The van der Waals surface area contributed by atoms with E-state index in [1.54, 1.807) is 7.11 Å². The molecule has 1 aromatic rings. The second kappa shape index (κ2) is 7.07. The van der Waals surface area contributed by atoms with E-state index < -0.39 is 0 Å². The number of methoxy groups -OCH3 is 1. The van der Waals surface area contributed by atoms with E-state index in [0.717, 1.165) is 31.9 Å². The van der Waals surface area contributed by atoms with Crippen molar-refractivity contribution in [3.63, 3.8) is 0 Å². The van der Waals surface area contributed by atoms with Gasteiger partial charge in [-0.25, -0.2) is 0 Å². The van der Waals surface area contributed by atoms with Crippen molar-refractivity contribution in [1.29, 1.82) is 0 Å². The van der Waals surface area contributed by atoms with Crippen LogP contribution in [-0.2, 0) is 16.0 Å². The third-order valence-corrected chi connectivity index (χ3v) is 3.60. The van der Waals surface area contributed by atoms with Crippen molar-refractivity contribution in [3.8, 4) is 5.75 Å². The molecule has 0 radical (unpaired) electrons. The zero-order chi connectivity index (χ0) is 14.4. The molecule has 1 heterocycles. The third kappa shape index (κ3) is 3.95. The quantitative estimate of drug-likeness (QED) is 0.832. The number of hydrogen-bond acceptors (Lipinski definition) is 4. The van der Waals surface area contributed by atoms with E-state index in [2.05, 4.69) is 11.4 Å². The number of benzene rings is 1. The average Bonchev–Trinajstić information content (AvgIpc) is 2.89. The van der Waals surface area contributed by atoms with Gasteiger partial charge in [0.2, 0.25) is 0 Å². The van der Waals surface area contributed by atoms with Gasteiger partial charge in [-0.05, 0) is 19.9 Å². The van der Waals surface area contributed by atoms with E-state index in [1.807, 2.05) is 32.0 Å². The summed E-state index contributed by atoms with van der Waals surface area (Å²) in [6.45, 7) is 7.09. The van der Waals surface area contributed by atoms with Crippen LogP contribution in [-0.4, -0.2) is 38.6 Å². The van der Waals surface area contributed by atoms with Gasteiger partial charge in [-0.2, -0.15) is 0 Å². The second-order valence-corrected chi connectivity index (χ2v) is 5.57. The van der Waals surface area contributed by atoms with Crippen LogP contribution in [0, 0.1) is 0 Å². The fraction of sp³-hybridized carbons (Fsp3) is 0.625. The summed E-state index contributed by atoms with van der Waals surface area (Å²) in [5.74, 6) is 0.948. The molecule has 0 bridgehead atoms. The molecule has 1 N–H and O–H groups in total. The van der Waals surface area contributed by atoms with Crippen LogP contribution in [0.2, 0.25) is 0 Å². The van der Waals surface area contributed by atoms with Gasteiger partial charge in [0.25, 0.3) is 0 Å². The molecular formula is C16H25NO3. The van der Waals surface area contributed by atoms with Crippen LogP contribution >= 0.6 is 0 Å². The fourth-order valence-electron chi connectivity index (χ4n) is 2.40. The maximum Gasteiger partial charge on any atom is 0.124 e. The highest BCUT2D eigenvalue weighted by Gasteiger charge is 2.34. The Labute approximate surface area is 121 Å². The lowest BCUT2D eigenvalue weighted by atomic mass is 10.0. The molecule has 2 rings (SSSR count). The van der Waals surface area contributed by atoms with Gasteiger partial charge in [0, 0.05) is 38.8 Å². The topological polar surface area (TPSA) is 39.7 Å². The molecular weight excluding hydrogens is 254 g/mol. The average molecular weight is 279 g/mol. The SMILES string of the molecule is COC1(CNCc2ccccc2OC(C)C)CCOC1. The fourth-order valence-corrected chi connectivity index (χ4v) is 2.40. The molecule has 1 aromatic carbocycles. The van der Waals surface area contributed by atoms with Crippen molar-refractivity contribution in [1.82, 2.24) is 5.32 Å². The van der Waals surface area contributed by atoms with Crippen LogP contribution in [0.4, 0.5) is 0 Å². The van der Waals surface area contributed by atoms with Crippen LogP contribution in [0.15, 0.2) is 24.3 Å². The van der Waals surface area contributed by atoms with Crippen LogP contribution in [0.5, 0.6) is 5.75 Å². The maximum atomic E-state index is 5.82. The van der Waals surface area contributed by atoms with Crippen LogP contribution in [0.25, 0.3) is 0 Å². The molecule has 112 valence electrons. The largest absolute Gasteiger partial charge is 0.491 e. The molecule has 1 aliphatic rings. The number of para-hydroxylation sites is 1. The van der Waals surface area contributed by atoms with Crippen molar-refractivity contribution >= 4 is 0 Å². The van der Waals surface area contributed by atoms with Crippen molar-refractivity contribution < 1.29 is 14.2 Å². The second-order valence-electron chi connectivity index (χ2n) is 5.57. The lowest BCUT2D eigenvalue weighted by molar-refractivity contribution is -0.0159. The molecule has 1 atom stereocenters. The molecule has 0 spiro atoms. The minimum Gasteiger partial charge on any atom is -0.491 e. The van der Waals surface area contributed by atoms with Crippen molar-refractivity contribution in [2.75, 3.05) is 26.9 Å². The van der Waals surface area contributed by atoms with E-state index in [0.29, 0.717) is 6.61 Å². The molecule has 4 heteroatoms. The van der Waals surface area contributed by atoms with Crippen LogP contribution in [0.3, 0.4) is 0 Å². The molecule has 0 aromatic heterocycles. The van der Waals surface area contributed by atoms with Gasteiger partial charge in [0.1, 0.15) is 11.4 Å². The Morgan fingerprint density at radius 3 is 2.80 bits per heavy atom. The summed E-state index contributed by atoms with van der Waals surface area (Å²) in [5.41, 5.74) is 1.000. The summed E-state index contributed by atoms with van der Waals surface area (Å²) >= 11 is 0. The molecule has 1 aliphatic heterocycles. The summed E-state index contributed by atoms with van der Waals surface area (Å²) in [4.78, 5) is 0. The van der Waals surface area contributed by atoms with Gasteiger partial charge in [0.05, 0.1) is 12.7 Å². The van der Waals surface area contributed by atoms with Gasteiger partial charge < -0.3 is 19.5 Å². The Hall–Kier alpha value is -1.10.